The maximum absolute atomic E-state index is 12.7. The molecule has 1 unspecified atom stereocenters. The number of fused-ring (bicyclic) bond motifs is 1. The molecule has 3 heterocycles. The van der Waals surface area contributed by atoms with Crippen LogP contribution < -0.4 is 0 Å². The van der Waals surface area contributed by atoms with E-state index in [1.165, 1.54) is 21.8 Å². The summed E-state index contributed by atoms with van der Waals surface area (Å²) in [4.78, 5) is 16.8. The summed E-state index contributed by atoms with van der Waals surface area (Å²) in [6.45, 7) is 2.69. The van der Waals surface area contributed by atoms with Gasteiger partial charge in [0, 0.05) is 16.8 Å². The van der Waals surface area contributed by atoms with Crippen LogP contribution in [-0.2, 0) is 6.42 Å². The zero-order valence-corrected chi connectivity index (χ0v) is 13.3. The predicted octanol–water partition coefficient (Wildman–Crippen LogP) is 2.91. The summed E-state index contributed by atoms with van der Waals surface area (Å²) in [5, 5.41) is 12.7. The van der Waals surface area contributed by atoms with Gasteiger partial charge < -0.3 is 10.0 Å². The van der Waals surface area contributed by atoms with Crippen molar-refractivity contribution in [1.82, 2.24) is 4.90 Å². The van der Waals surface area contributed by atoms with Gasteiger partial charge in [-0.15, -0.1) is 22.7 Å². The minimum absolute atomic E-state index is 0.0626. The maximum atomic E-state index is 12.7. The molecule has 0 radical (unpaired) electrons. The molecule has 1 atom stereocenters. The fraction of sp³-hybridized carbons (Fsp3) is 0.312. The molecule has 1 amide bonds. The number of amides is 1. The monoisotopic (exact) mass is 317 g/mol. The first-order valence-electron chi connectivity index (χ1n) is 6.76. The molecular weight excluding hydrogens is 302 g/mol. The molecule has 1 aliphatic heterocycles. The van der Waals surface area contributed by atoms with Crippen LogP contribution in [0.3, 0.4) is 0 Å². The first-order valence-corrected chi connectivity index (χ1v) is 8.52. The first kappa shape index (κ1) is 14.3. The van der Waals surface area contributed by atoms with E-state index in [2.05, 4.69) is 30.2 Å². The smallest absolute Gasteiger partial charge is 0.255 e. The van der Waals surface area contributed by atoms with Crippen molar-refractivity contribution in [3.05, 3.63) is 43.8 Å². The molecule has 0 saturated carbocycles. The fourth-order valence-electron chi connectivity index (χ4n) is 2.59. The molecule has 0 aliphatic carbocycles. The van der Waals surface area contributed by atoms with Crippen molar-refractivity contribution in [2.45, 2.75) is 19.4 Å². The Kier molecular flexibility index (Phi) is 4.11. The summed E-state index contributed by atoms with van der Waals surface area (Å²) in [6.07, 6.45) is 0.935. The van der Waals surface area contributed by atoms with E-state index in [1.807, 2.05) is 16.3 Å². The summed E-state index contributed by atoms with van der Waals surface area (Å²) in [6, 6.07) is 4.06. The first-order chi connectivity index (χ1) is 10.2. The molecule has 0 saturated heterocycles. The average Bonchev–Trinajstić information content (AvgIpc) is 3.14. The van der Waals surface area contributed by atoms with E-state index in [9.17, 15) is 4.79 Å². The van der Waals surface area contributed by atoms with E-state index in [0.29, 0.717) is 5.56 Å². The van der Waals surface area contributed by atoms with Gasteiger partial charge in [0.2, 0.25) is 0 Å². The summed E-state index contributed by atoms with van der Waals surface area (Å²) in [5.74, 6) is 5.51. The largest absolute Gasteiger partial charge is 0.384 e. The standard InChI is InChI=1S/C16H15NO2S2/c1-11-14-5-8-20-15(14)4-6-17(11)16(19)12-9-13(21-10-12)3-2-7-18/h5,8-11,18H,4,6-7H2,1H3. The van der Waals surface area contributed by atoms with Crippen molar-refractivity contribution in [2.24, 2.45) is 0 Å². The van der Waals surface area contributed by atoms with Crippen LogP contribution in [0.5, 0.6) is 0 Å². The Morgan fingerprint density at radius 3 is 3.19 bits per heavy atom. The lowest BCUT2D eigenvalue weighted by atomic mass is 10.0. The molecule has 21 heavy (non-hydrogen) atoms. The summed E-state index contributed by atoms with van der Waals surface area (Å²) in [7, 11) is 0. The second-order valence-electron chi connectivity index (χ2n) is 4.88. The number of carbonyl (C=O) groups is 1. The molecule has 1 N–H and O–H groups in total. The number of thiophene rings is 2. The van der Waals surface area contributed by atoms with Crippen LogP contribution in [0, 0.1) is 11.8 Å². The third-order valence-corrected chi connectivity index (χ3v) is 5.52. The van der Waals surface area contributed by atoms with Crippen molar-refractivity contribution < 1.29 is 9.90 Å². The molecule has 2 aromatic rings. The Labute approximate surface area is 131 Å². The summed E-state index contributed by atoms with van der Waals surface area (Å²) in [5.41, 5.74) is 1.96. The van der Waals surface area contributed by atoms with Gasteiger partial charge in [0.25, 0.3) is 5.91 Å². The minimum Gasteiger partial charge on any atom is -0.384 e. The van der Waals surface area contributed by atoms with Gasteiger partial charge in [-0.05, 0) is 36.4 Å². The third kappa shape index (κ3) is 2.75. The zero-order valence-electron chi connectivity index (χ0n) is 11.6. The molecule has 3 nitrogen and oxygen atoms in total. The Morgan fingerprint density at radius 2 is 2.38 bits per heavy atom. The van der Waals surface area contributed by atoms with Crippen molar-refractivity contribution in [1.29, 1.82) is 0 Å². The molecule has 1 aliphatic rings. The molecule has 0 fully saturated rings. The Balaban J connectivity index is 1.81. The summed E-state index contributed by atoms with van der Waals surface area (Å²) < 4.78 is 0. The van der Waals surface area contributed by atoms with Gasteiger partial charge in [0.1, 0.15) is 6.61 Å². The second-order valence-corrected chi connectivity index (χ2v) is 6.80. The van der Waals surface area contributed by atoms with E-state index in [0.717, 1.165) is 17.8 Å². The third-order valence-electron chi connectivity index (χ3n) is 3.68. The lowest BCUT2D eigenvalue weighted by molar-refractivity contribution is 0.0680. The van der Waals surface area contributed by atoms with E-state index in [4.69, 9.17) is 5.11 Å². The number of nitrogens with zero attached hydrogens (tertiary/aromatic N) is 1. The SMILES string of the molecule is CC1c2ccsc2CCN1C(=O)c1csc(C#CCO)c1. The van der Waals surface area contributed by atoms with Crippen LogP contribution in [0.25, 0.3) is 0 Å². The molecule has 0 spiro atoms. The highest BCUT2D eigenvalue weighted by Gasteiger charge is 2.29. The maximum Gasteiger partial charge on any atom is 0.255 e. The van der Waals surface area contributed by atoms with Crippen LogP contribution in [0.2, 0.25) is 0 Å². The number of hydrogen-bond acceptors (Lipinski definition) is 4. The van der Waals surface area contributed by atoms with Gasteiger partial charge in [-0.2, -0.15) is 0 Å². The van der Waals surface area contributed by atoms with Crippen molar-refractivity contribution in [2.75, 3.05) is 13.2 Å². The highest BCUT2D eigenvalue weighted by Crippen LogP contribution is 2.34. The second kappa shape index (κ2) is 6.02. The Morgan fingerprint density at radius 1 is 1.52 bits per heavy atom. The van der Waals surface area contributed by atoms with Gasteiger partial charge >= 0.3 is 0 Å². The van der Waals surface area contributed by atoms with Crippen LogP contribution in [0.4, 0.5) is 0 Å². The van der Waals surface area contributed by atoms with Gasteiger partial charge in [-0.1, -0.05) is 11.8 Å². The van der Waals surface area contributed by atoms with Gasteiger partial charge in [-0.3, -0.25) is 4.79 Å². The zero-order chi connectivity index (χ0) is 14.8. The quantitative estimate of drug-likeness (QED) is 0.822. The van der Waals surface area contributed by atoms with Gasteiger partial charge in [-0.25, -0.2) is 0 Å². The Bertz CT molecular complexity index is 720. The highest BCUT2D eigenvalue weighted by molar-refractivity contribution is 7.11. The molecule has 0 bridgehead atoms. The van der Waals surface area contributed by atoms with Crippen LogP contribution in [0.1, 0.15) is 38.6 Å². The van der Waals surface area contributed by atoms with Crippen LogP contribution in [-0.4, -0.2) is 29.1 Å². The molecule has 3 rings (SSSR count). The number of hydrogen-bond donors (Lipinski definition) is 1. The van der Waals surface area contributed by atoms with Crippen molar-refractivity contribution in [3.8, 4) is 11.8 Å². The van der Waals surface area contributed by atoms with E-state index in [-0.39, 0.29) is 18.6 Å². The Hall–Kier alpha value is -1.61. The van der Waals surface area contributed by atoms with E-state index in [1.54, 1.807) is 11.3 Å². The van der Waals surface area contributed by atoms with Crippen molar-refractivity contribution >= 4 is 28.6 Å². The molecule has 0 aromatic carbocycles. The lowest BCUT2D eigenvalue weighted by Crippen LogP contribution is -2.38. The van der Waals surface area contributed by atoms with E-state index >= 15 is 0 Å². The van der Waals surface area contributed by atoms with E-state index < -0.39 is 0 Å². The molecule has 108 valence electrons. The average molecular weight is 317 g/mol. The van der Waals surface area contributed by atoms with Gasteiger partial charge in [0.15, 0.2) is 0 Å². The normalized spacial score (nSPS) is 17.0. The van der Waals surface area contributed by atoms with Gasteiger partial charge in [0.05, 0.1) is 16.5 Å². The summed E-state index contributed by atoms with van der Waals surface area (Å²) >= 11 is 3.21. The van der Waals surface area contributed by atoms with Crippen molar-refractivity contribution in [3.63, 3.8) is 0 Å². The number of carbonyl (C=O) groups excluding carboxylic acids is 1. The number of aliphatic hydroxyl groups is 1. The van der Waals surface area contributed by atoms with Crippen LogP contribution in [0.15, 0.2) is 22.9 Å². The fourth-order valence-corrected chi connectivity index (χ4v) is 4.30. The topological polar surface area (TPSA) is 40.5 Å². The minimum atomic E-state index is -0.161. The molecule has 5 heteroatoms. The number of aliphatic hydroxyl groups excluding tert-OH is 1. The van der Waals surface area contributed by atoms with Crippen LogP contribution >= 0.6 is 22.7 Å². The predicted molar refractivity (Wildman–Crippen MR) is 85.8 cm³/mol. The molecular formula is C16H15NO2S2. The number of rotatable bonds is 1. The molecule has 2 aromatic heterocycles. The lowest BCUT2D eigenvalue weighted by Gasteiger charge is -2.33. The highest BCUT2D eigenvalue weighted by atomic mass is 32.1.